The van der Waals surface area contributed by atoms with Crippen LogP contribution in [0.5, 0.6) is 0 Å². The highest BCUT2D eigenvalue weighted by atomic mass is 16.5. The molecule has 6 heteroatoms. The van der Waals surface area contributed by atoms with Crippen LogP contribution in [0.2, 0.25) is 0 Å². The predicted octanol–water partition coefficient (Wildman–Crippen LogP) is 3.48. The van der Waals surface area contributed by atoms with Crippen molar-refractivity contribution in [3.8, 4) is 0 Å². The number of nitrogens with zero attached hydrogens (tertiary/aromatic N) is 1. The van der Waals surface area contributed by atoms with Crippen LogP contribution in [0, 0.1) is 13.8 Å². The van der Waals surface area contributed by atoms with E-state index >= 15 is 0 Å². The van der Waals surface area contributed by atoms with E-state index in [0.29, 0.717) is 6.42 Å². The molecule has 2 aromatic carbocycles. The lowest BCUT2D eigenvalue weighted by molar-refractivity contribution is -0.116. The Labute approximate surface area is 191 Å². The number of hydrogen-bond acceptors (Lipinski definition) is 5. The first kappa shape index (κ1) is 22.4. The molecule has 6 nitrogen and oxygen atoms in total. The first-order valence-corrected chi connectivity index (χ1v) is 11.5. The Morgan fingerprint density at radius 3 is 2.75 bits per heavy atom. The largest absolute Gasteiger partial charge is 0.379 e. The summed E-state index contributed by atoms with van der Waals surface area (Å²) in [6.07, 6.45) is 3.45. The number of amides is 1. The quantitative estimate of drug-likeness (QED) is 0.594. The molecule has 4 rings (SSSR count). The summed E-state index contributed by atoms with van der Waals surface area (Å²) in [7, 11) is 0. The SMILES string of the molecule is Cc1cccc(C(C2=CNCN2)c2cccc(NC(=O)CCCN3CCOCC3)c2)c1C. The lowest BCUT2D eigenvalue weighted by atomic mass is 9.84. The van der Waals surface area contributed by atoms with Crippen LogP contribution in [-0.4, -0.2) is 50.3 Å². The molecule has 1 fully saturated rings. The van der Waals surface area contributed by atoms with E-state index in [0.717, 1.165) is 62.9 Å². The highest BCUT2D eigenvalue weighted by molar-refractivity contribution is 5.90. The fourth-order valence-corrected chi connectivity index (χ4v) is 4.47. The summed E-state index contributed by atoms with van der Waals surface area (Å²) in [6.45, 7) is 9.51. The predicted molar refractivity (Wildman–Crippen MR) is 129 cm³/mol. The molecule has 0 spiro atoms. The Bertz CT molecular complexity index is 966. The molecule has 0 bridgehead atoms. The molecule has 3 N–H and O–H groups in total. The molecule has 0 saturated carbocycles. The maximum absolute atomic E-state index is 12.6. The van der Waals surface area contributed by atoms with Gasteiger partial charge in [-0.3, -0.25) is 9.69 Å². The second kappa shape index (κ2) is 10.7. The van der Waals surface area contributed by atoms with Crippen LogP contribution >= 0.6 is 0 Å². The molecule has 0 aliphatic carbocycles. The minimum absolute atomic E-state index is 0.0681. The molecule has 32 heavy (non-hydrogen) atoms. The van der Waals surface area contributed by atoms with Crippen molar-refractivity contribution in [1.82, 2.24) is 15.5 Å². The third kappa shape index (κ3) is 5.50. The van der Waals surface area contributed by atoms with E-state index in [1.165, 1.54) is 16.7 Å². The maximum atomic E-state index is 12.6. The van der Waals surface area contributed by atoms with Crippen molar-refractivity contribution in [3.63, 3.8) is 0 Å². The van der Waals surface area contributed by atoms with E-state index in [2.05, 4.69) is 71.2 Å². The average molecular weight is 435 g/mol. The Hall–Kier alpha value is -2.83. The molecule has 2 aliphatic heterocycles. The van der Waals surface area contributed by atoms with Crippen LogP contribution in [0.4, 0.5) is 5.69 Å². The number of nitrogens with one attached hydrogen (secondary N) is 3. The van der Waals surface area contributed by atoms with Crippen molar-refractivity contribution in [2.75, 3.05) is 44.8 Å². The van der Waals surface area contributed by atoms with Crippen LogP contribution in [0.25, 0.3) is 0 Å². The standard InChI is InChI=1S/C26H34N4O2/c1-19-6-3-9-23(20(19)2)26(24-17-27-18-28-24)21-7-4-8-22(16-21)29-25(31)10-5-11-30-12-14-32-15-13-30/h3-4,6-9,16-17,26-28H,5,10-15,18H2,1-2H3,(H,29,31). The zero-order chi connectivity index (χ0) is 22.3. The van der Waals surface area contributed by atoms with E-state index < -0.39 is 0 Å². The lowest BCUT2D eigenvalue weighted by Crippen LogP contribution is -2.37. The zero-order valence-corrected chi connectivity index (χ0v) is 19.1. The Morgan fingerprint density at radius 2 is 1.97 bits per heavy atom. The fraction of sp³-hybridized carbons (Fsp3) is 0.423. The first-order valence-electron chi connectivity index (χ1n) is 11.5. The summed E-state index contributed by atoms with van der Waals surface area (Å²) in [5, 5.41) is 9.84. The molecule has 2 aliphatic rings. The highest BCUT2D eigenvalue weighted by Crippen LogP contribution is 2.35. The molecular formula is C26H34N4O2. The summed E-state index contributed by atoms with van der Waals surface area (Å²) in [6, 6.07) is 14.7. The van der Waals surface area contributed by atoms with Crippen LogP contribution in [-0.2, 0) is 9.53 Å². The number of carbonyl (C=O) groups is 1. The van der Waals surface area contributed by atoms with Gasteiger partial charge in [0.2, 0.25) is 5.91 Å². The molecule has 1 amide bonds. The number of aryl methyl sites for hydroxylation is 1. The van der Waals surface area contributed by atoms with E-state index in [1.54, 1.807) is 0 Å². The van der Waals surface area contributed by atoms with Gasteiger partial charge >= 0.3 is 0 Å². The summed E-state index contributed by atoms with van der Waals surface area (Å²) < 4.78 is 5.39. The highest BCUT2D eigenvalue weighted by Gasteiger charge is 2.23. The summed E-state index contributed by atoms with van der Waals surface area (Å²) in [5.41, 5.74) is 7.01. The number of hydrogen-bond donors (Lipinski definition) is 3. The molecule has 0 aromatic heterocycles. The van der Waals surface area contributed by atoms with Gasteiger partial charge in [-0.1, -0.05) is 30.3 Å². The Morgan fingerprint density at radius 1 is 1.16 bits per heavy atom. The van der Waals surface area contributed by atoms with E-state index in [-0.39, 0.29) is 11.8 Å². The van der Waals surface area contributed by atoms with Crippen molar-refractivity contribution < 1.29 is 9.53 Å². The van der Waals surface area contributed by atoms with Gasteiger partial charge in [0.25, 0.3) is 0 Å². The topological polar surface area (TPSA) is 65.6 Å². The number of carbonyl (C=O) groups excluding carboxylic acids is 1. The smallest absolute Gasteiger partial charge is 0.224 e. The van der Waals surface area contributed by atoms with Gasteiger partial charge in [-0.15, -0.1) is 0 Å². The van der Waals surface area contributed by atoms with Crippen molar-refractivity contribution in [1.29, 1.82) is 0 Å². The minimum Gasteiger partial charge on any atom is -0.379 e. The summed E-state index contributed by atoms with van der Waals surface area (Å²) in [5.74, 6) is 0.154. The fourth-order valence-electron chi connectivity index (χ4n) is 4.47. The van der Waals surface area contributed by atoms with Crippen molar-refractivity contribution in [3.05, 3.63) is 76.6 Å². The molecule has 2 aromatic rings. The van der Waals surface area contributed by atoms with Crippen molar-refractivity contribution >= 4 is 11.6 Å². The van der Waals surface area contributed by atoms with Gasteiger partial charge in [0.1, 0.15) is 0 Å². The number of rotatable bonds is 8. The zero-order valence-electron chi connectivity index (χ0n) is 19.1. The first-order chi connectivity index (χ1) is 15.6. The lowest BCUT2D eigenvalue weighted by Gasteiger charge is -2.26. The number of benzene rings is 2. The van der Waals surface area contributed by atoms with Gasteiger partial charge in [0.15, 0.2) is 0 Å². The molecule has 0 radical (unpaired) electrons. The van der Waals surface area contributed by atoms with Crippen LogP contribution in [0.1, 0.15) is 41.0 Å². The molecule has 1 saturated heterocycles. The summed E-state index contributed by atoms with van der Waals surface area (Å²) >= 11 is 0. The molecule has 1 unspecified atom stereocenters. The number of morpholine rings is 1. The minimum atomic E-state index is 0.0681. The van der Waals surface area contributed by atoms with Crippen molar-refractivity contribution in [2.45, 2.75) is 32.6 Å². The van der Waals surface area contributed by atoms with Crippen LogP contribution in [0.15, 0.2) is 54.4 Å². The number of allylic oxidation sites excluding steroid dienone is 1. The third-order valence-corrected chi connectivity index (χ3v) is 6.41. The molecular weight excluding hydrogens is 400 g/mol. The van der Waals surface area contributed by atoms with Gasteiger partial charge in [-0.25, -0.2) is 0 Å². The number of anilines is 1. The third-order valence-electron chi connectivity index (χ3n) is 6.41. The van der Waals surface area contributed by atoms with Gasteiger partial charge in [0.05, 0.1) is 25.8 Å². The maximum Gasteiger partial charge on any atom is 0.224 e. The van der Waals surface area contributed by atoms with Crippen LogP contribution < -0.4 is 16.0 Å². The summed E-state index contributed by atoms with van der Waals surface area (Å²) in [4.78, 5) is 14.9. The second-order valence-electron chi connectivity index (χ2n) is 8.61. The normalized spacial score (nSPS) is 17.2. The Balaban J connectivity index is 1.46. The molecule has 170 valence electrons. The average Bonchev–Trinajstić information content (AvgIpc) is 3.32. The van der Waals surface area contributed by atoms with E-state index in [1.807, 2.05) is 12.1 Å². The Kier molecular flexibility index (Phi) is 7.45. The molecule has 2 heterocycles. The van der Waals surface area contributed by atoms with Gasteiger partial charge in [0, 0.05) is 37.1 Å². The van der Waals surface area contributed by atoms with Gasteiger partial charge in [-0.05, 0) is 61.2 Å². The van der Waals surface area contributed by atoms with Crippen LogP contribution in [0.3, 0.4) is 0 Å². The molecule has 1 atom stereocenters. The monoisotopic (exact) mass is 434 g/mol. The van der Waals surface area contributed by atoms with E-state index in [9.17, 15) is 4.79 Å². The van der Waals surface area contributed by atoms with Gasteiger partial charge in [-0.2, -0.15) is 0 Å². The van der Waals surface area contributed by atoms with E-state index in [4.69, 9.17) is 4.74 Å². The second-order valence-corrected chi connectivity index (χ2v) is 8.61. The van der Waals surface area contributed by atoms with Gasteiger partial charge < -0.3 is 20.7 Å². The number of ether oxygens (including phenoxy) is 1. The van der Waals surface area contributed by atoms with Crippen molar-refractivity contribution in [2.24, 2.45) is 0 Å².